The summed E-state index contributed by atoms with van der Waals surface area (Å²) in [6.45, 7) is 8.95. The van der Waals surface area contributed by atoms with Crippen LogP contribution in [0.25, 0.3) is 0 Å². The van der Waals surface area contributed by atoms with Crippen LogP contribution >= 0.6 is 12.8 Å². The molecule has 1 saturated heterocycles. The maximum atomic E-state index is 5.39. The van der Waals surface area contributed by atoms with Gasteiger partial charge in [-0.3, -0.25) is 0 Å². The smallest absolute Gasteiger partial charge is 0.0271 e. The Bertz CT molecular complexity index is 136. The Balaban J connectivity index is 2.76. The van der Waals surface area contributed by atoms with Crippen LogP contribution in [0.15, 0.2) is 0 Å². The van der Waals surface area contributed by atoms with Crippen LogP contribution in [0.4, 0.5) is 0 Å². The van der Waals surface area contributed by atoms with Gasteiger partial charge in [0.05, 0.1) is 0 Å². The van der Waals surface area contributed by atoms with Crippen molar-refractivity contribution >= 4 is 12.8 Å². The minimum atomic E-state index is 0.219. The fourth-order valence-electron chi connectivity index (χ4n) is 1.98. The van der Waals surface area contributed by atoms with Crippen molar-refractivity contribution in [3.8, 4) is 0 Å². The molecule has 1 aliphatic rings. The zero-order valence-electron chi connectivity index (χ0n) is 7.98. The zero-order chi connectivity index (χ0) is 8.70. The summed E-state index contributed by atoms with van der Waals surface area (Å²) in [5.41, 5.74) is 0.439. The first-order valence-electron chi connectivity index (χ1n) is 4.34. The molecule has 1 heterocycles. The normalized spacial score (nSPS) is 30.3. The van der Waals surface area contributed by atoms with Crippen LogP contribution in [0.5, 0.6) is 0 Å². The van der Waals surface area contributed by atoms with E-state index in [1.807, 2.05) is 0 Å². The summed E-state index contributed by atoms with van der Waals surface area (Å²) in [4.78, 5) is 0. The molecule has 11 heavy (non-hydrogen) atoms. The Morgan fingerprint density at radius 2 is 1.36 bits per heavy atom. The third-order valence-corrected chi connectivity index (χ3v) is 3.67. The lowest BCUT2D eigenvalue weighted by Crippen LogP contribution is -2.53. The van der Waals surface area contributed by atoms with E-state index in [0.717, 1.165) is 0 Å². The van der Waals surface area contributed by atoms with Gasteiger partial charge >= 0.3 is 0 Å². The van der Waals surface area contributed by atoms with Crippen molar-refractivity contribution in [2.45, 2.75) is 58.0 Å². The van der Waals surface area contributed by atoms with Crippen LogP contribution in [0.1, 0.15) is 47.0 Å². The van der Waals surface area contributed by atoms with Crippen molar-refractivity contribution in [1.82, 2.24) is 4.31 Å². The van der Waals surface area contributed by atoms with E-state index in [9.17, 15) is 0 Å². The van der Waals surface area contributed by atoms with E-state index in [4.69, 9.17) is 12.8 Å². The summed E-state index contributed by atoms with van der Waals surface area (Å²) in [6, 6.07) is 0. The zero-order valence-corrected chi connectivity index (χ0v) is 8.79. The molecule has 65 valence electrons. The second kappa shape index (κ2) is 2.67. The van der Waals surface area contributed by atoms with Gasteiger partial charge in [0.25, 0.3) is 0 Å². The van der Waals surface area contributed by atoms with Gasteiger partial charge in [0.1, 0.15) is 0 Å². The third kappa shape index (κ3) is 1.73. The van der Waals surface area contributed by atoms with E-state index in [0.29, 0.717) is 0 Å². The van der Waals surface area contributed by atoms with Crippen LogP contribution in [-0.2, 0) is 0 Å². The van der Waals surface area contributed by atoms with Gasteiger partial charge in [-0.25, -0.2) is 4.31 Å². The summed E-state index contributed by atoms with van der Waals surface area (Å²) in [7, 11) is 0. The van der Waals surface area contributed by atoms with Crippen molar-refractivity contribution in [1.29, 1.82) is 0 Å². The molecular formula is C9H18NS. The van der Waals surface area contributed by atoms with Gasteiger partial charge in [0, 0.05) is 23.9 Å². The fraction of sp³-hybridized carbons (Fsp3) is 1.00. The lowest BCUT2D eigenvalue weighted by Gasteiger charge is -2.48. The molecule has 0 spiro atoms. The van der Waals surface area contributed by atoms with Crippen molar-refractivity contribution < 1.29 is 0 Å². The minimum Gasteiger partial charge on any atom is -0.229 e. The highest BCUT2D eigenvalue weighted by molar-refractivity contribution is 7.77. The first-order chi connectivity index (χ1) is 4.86. The quantitative estimate of drug-likeness (QED) is 0.542. The van der Waals surface area contributed by atoms with Gasteiger partial charge in [-0.05, 0) is 47.0 Å². The molecule has 1 fully saturated rings. The Hall–Kier alpha value is 0.310. The SMILES string of the molecule is CC1(C)CCCC(C)(C)N1[S]. The van der Waals surface area contributed by atoms with E-state index >= 15 is 0 Å². The summed E-state index contributed by atoms with van der Waals surface area (Å²) >= 11 is 5.39. The second-order valence-corrected chi connectivity index (χ2v) is 5.14. The predicted molar refractivity (Wildman–Crippen MR) is 51.4 cm³/mol. The van der Waals surface area contributed by atoms with Crippen LogP contribution in [0.2, 0.25) is 0 Å². The first-order valence-corrected chi connectivity index (χ1v) is 4.70. The van der Waals surface area contributed by atoms with E-state index < -0.39 is 0 Å². The molecule has 2 heteroatoms. The number of hydrogen-bond acceptors (Lipinski definition) is 1. The maximum absolute atomic E-state index is 5.39. The molecule has 0 unspecified atom stereocenters. The number of hydrogen-bond donors (Lipinski definition) is 0. The Morgan fingerprint density at radius 3 is 1.64 bits per heavy atom. The van der Waals surface area contributed by atoms with E-state index in [-0.39, 0.29) is 11.1 Å². The topological polar surface area (TPSA) is 3.24 Å². The third-order valence-electron chi connectivity index (χ3n) is 2.68. The molecule has 0 N–H and O–H groups in total. The van der Waals surface area contributed by atoms with Crippen LogP contribution in [0, 0.1) is 0 Å². The summed E-state index contributed by atoms with van der Waals surface area (Å²) in [6.07, 6.45) is 3.78. The molecule has 0 aromatic heterocycles. The van der Waals surface area contributed by atoms with Crippen LogP contribution < -0.4 is 0 Å². The molecular weight excluding hydrogens is 154 g/mol. The first kappa shape index (κ1) is 9.40. The second-order valence-electron chi connectivity index (χ2n) is 4.77. The van der Waals surface area contributed by atoms with Gasteiger partial charge in [0.15, 0.2) is 0 Å². The molecule has 1 nitrogen and oxygen atoms in total. The van der Waals surface area contributed by atoms with Crippen molar-refractivity contribution in [3.63, 3.8) is 0 Å². The average molecular weight is 172 g/mol. The summed E-state index contributed by atoms with van der Waals surface area (Å²) < 4.78 is 2.10. The average Bonchev–Trinajstić information content (AvgIpc) is 1.82. The van der Waals surface area contributed by atoms with Crippen LogP contribution in [0.3, 0.4) is 0 Å². The molecule has 0 bridgehead atoms. The summed E-state index contributed by atoms with van der Waals surface area (Å²) in [5, 5.41) is 0. The van der Waals surface area contributed by atoms with Crippen molar-refractivity contribution in [2.75, 3.05) is 0 Å². The molecule has 0 amide bonds. The van der Waals surface area contributed by atoms with Gasteiger partial charge in [0.2, 0.25) is 0 Å². The molecule has 0 aliphatic carbocycles. The Morgan fingerprint density at radius 1 is 1.00 bits per heavy atom. The Kier molecular flexibility index (Phi) is 2.28. The van der Waals surface area contributed by atoms with Crippen LogP contribution in [-0.4, -0.2) is 15.4 Å². The van der Waals surface area contributed by atoms with Gasteiger partial charge in [-0.2, -0.15) is 0 Å². The minimum absolute atomic E-state index is 0.219. The monoisotopic (exact) mass is 172 g/mol. The highest BCUT2D eigenvalue weighted by atomic mass is 32.1. The molecule has 0 aromatic rings. The van der Waals surface area contributed by atoms with E-state index in [2.05, 4.69) is 32.0 Å². The molecule has 0 saturated carbocycles. The van der Waals surface area contributed by atoms with Gasteiger partial charge < -0.3 is 0 Å². The molecule has 0 atom stereocenters. The summed E-state index contributed by atoms with van der Waals surface area (Å²) in [5.74, 6) is 0. The number of piperidine rings is 1. The number of nitrogens with zero attached hydrogens (tertiary/aromatic N) is 1. The maximum Gasteiger partial charge on any atom is 0.0271 e. The van der Waals surface area contributed by atoms with Gasteiger partial charge in [-0.1, -0.05) is 0 Å². The highest BCUT2D eigenvalue weighted by Gasteiger charge is 2.39. The molecule has 1 radical (unpaired) electrons. The fourth-order valence-corrected chi connectivity index (χ4v) is 2.16. The lowest BCUT2D eigenvalue weighted by molar-refractivity contribution is 0.0701. The predicted octanol–water partition coefficient (Wildman–Crippen LogP) is 3.14. The van der Waals surface area contributed by atoms with Crippen molar-refractivity contribution in [3.05, 3.63) is 0 Å². The van der Waals surface area contributed by atoms with Crippen molar-refractivity contribution in [2.24, 2.45) is 0 Å². The van der Waals surface area contributed by atoms with E-state index in [1.54, 1.807) is 0 Å². The molecule has 0 aromatic carbocycles. The largest absolute Gasteiger partial charge is 0.229 e. The standard InChI is InChI=1S/C9H18NS/c1-8(2)6-5-7-9(3,4)10(8)11/h5-7H2,1-4H3. The molecule has 1 rings (SSSR count). The number of rotatable bonds is 0. The highest BCUT2D eigenvalue weighted by Crippen LogP contribution is 2.39. The Labute approximate surface area is 75.7 Å². The van der Waals surface area contributed by atoms with Gasteiger partial charge in [-0.15, -0.1) is 0 Å². The van der Waals surface area contributed by atoms with E-state index in [1.165, 1.54) is 19.3 Å². The lowest BCUT2D eigenvalue weighted by atomic mass is 9.83. The molecule has 1 aliphatic heterocycles.